The summed E-state index contributed by atoms with van der Waals surface area (Å²) in [6.45, 7) is 2.01. The fourth-order valence-corrected chi connectivity index (χ4v) is 2.65. The molecule has 6 heteroatoms. The summed E-state index contributed by atoms with van der Waals surface area (Å²) in [4.78, 5) is 4.23. The maximum atomic E-state index is 12.5. The fraction of sp³-hybridized carbons (Fsp3) is 0.267. The Morgan fingerprint density at radius 1 is 1.14 bits per heavy atom. The standard InChI is InChI=1S/C15H15F3N2S/c1-2-13(21-14-5-3-4-10-19-14)20-12-8-6-11(7-9-12)15(16,17)18/h3-10,13,20H,2H2,1H3. The number of halogens is 3. The van der Waals surface area contributed by atoms with Crippen LogP contribution in [0.5, 0.6) is 0 Å². The summed E-state index contributed by atoms with van der Waals surface area (Å²) < 4.78 is 37.5. The summed E-state index contributed by atoms with van der Waals surface area (Å²) in [6.07, 6.45) is -1.76. The average molecular weight is 312 g/mol. The summed E-state index contributed by atoms with van der Waals surface area (Å²) in [7, 11) is 0. The number of nitrogens with one attached hydrogen (secondary N) is 1. The smallest absolute Gasteiger partial charge is 0.373 e. The van der Waals surface area contributed by atoms with Crippen molar-refractivity contribution in [3.8, 4) is 0 Å². The van der Waals surface area contributed by atoms with Crippen LogP contribution in [0, 0.1) is 0 Å². The molecule has 0 radical (unpaired) electrons. The van der Waals surface area contributed by atoms with Gasteiger partial charge in [-0.3, -0.25) is 0 Å². The second-order valence-corrected chi connectivity index (χ2v) is 5.63. The van der Waals surface area contributed by atoms with Crippen LogP contribution in [-0.2, 0) is 6.18 Å². The SMILES string of the molecule is CCC(Nc1ccc(C(F)(F)F)cc1)Sc1ccccn1. The Hall–Kier alpha value is -1.69. The van der Waals surface area contributed by atoms with Crippen molar-refractivity contribution in [2.24, 2.45) is 0 Å². The highest BCUT2D eigenvalue weighted by molar-refractivity contribution is 7.99. The molecule has 0 aliphatic carbocycles. The normalized spacial score (nSPS) is 13.0. The quantitative estimate of drug-likeness (QED) is 0.618. The monoisotopic (exact) mass is 312 g/mol. The number of nitrogens with zero attached hydrogens (tertiary/aromatic N) is 1. The minimum absolute atomic E-state index is 0.0524. The molecule has 2 aromatic rings. The summed E-state index contributed by atoms with van der Waals surface area (Å²) >= 11 is 1.55. The van der Waals surface area contributed by atoms with Crippen LogP contribution in [0.1, 0.15) is 18.9 Å². The van der Waals surface area contributed by atoms with Gasteiger partial charge >= 0.3 is 6.18 Å². The molecule has 0 spiro atoms. The molecule has 1 unspecified atom stereocenters. The first-order chi connectivity index (χ1) is 9.99. The molecule has 0 fully saturated rings. The second-order valence-electron chi connectivity index (χ2n) is 4.40. The van der Waals surface area contributed by atoms with Crippen molar-refractivity contribution in [3.05, 3.63) is 54.2 Å². The van der Waals surface area contributed by atoms with Gasteiger partial charge < -0.3 is 5.32 Å². The highest BCUT2D eigenvalue weighted by Gasteiger charge is 2.29. The van der Waals surface area contributed by atoms with Crippen LogP contribution in [0.25, 0.3) is 0 Å². The van der Waals surface area contributed by atoms with Gasteiger partial charge in [-0.1, -0.05) is 24.8 Å². The van der Waals surface area contributed by atoms with Gasteiger partial charge in [-0.25, -0.2) is 4.98 Å². The Labute approximate surface area is 125 Å². The van der Waals surface area contributed by atoms with Crippen LogP contribution in [-0.4, -0.2) is 10.4 Å². The molecule has 0 saturated carbocycles. The van der Waals surface area contributed by atoms with Crippen molar-refractivity contribution in [2.45, 2.75) is 29.9 Å². The number of aromatic nitrogens is 1. The highest BCUT2D eigenvalue weighted by Crippen LogP contribution is 2.31. The molecule has 1 heterocycles. The van der Waals surface area contributed by atoms with Crippen molar-refractivity contribution in [1.29, 1.82) is 0 Å². The first-order valence-electron chi connectivity index (χ1n) is 6.50. The van der Waals surface area contributed by atoms with Crippen molar-refractivity contribution < 1.29 is 13.2 Å². The predicted octanol–water partition coefficient (Wildman–Crippen LogP) is 5.04. The van der Waals surface area contributed by atoms with Gasteiger partial charge in [0.2, 0.25) is 0 Å². The van der Waals surface area contributed by atoms with Gasteiger partial charge in [-0.15, -0.1) is 0 Å². The summed E-state index contributed by atoms with van der Waals surface area (Å²) in [5.41, 5.74) is 0.0248. The maximum absolute atomic E-state index is 12.5. The average Bonchev–Trinajstić information content (AvgIpc) is 2.47. The van der Waals surface area contributed by atoms with E-state index >= 15 is 0 Å². The molecule has 0 aliphatic rings. The van der Waals surface area contributed by atoms with Crippen molar-refractivity contribution >= 4 is 17.4 Å². The van der Waals surface area contributed by atoms with Crippen LogP contribution in [0.15, 0.2) is 53.7 Å². The summed E-state index contributed by atoms with van der Waals surface area (Å²) in [5, 5.41) is 4.14. The lowest BCUT2D eigenvalue weighted by molar-refractivity contribution is -0.137. The van der Waals surface area contributed by atoms with Crippen LogP contribution in [0.3, 0.4) is 0 Å². The lowest BCUT2D eigenvalue weighted by atomic mass is 10.2. The zero-order valence-electron chi connectivity index (χ0n) is 11.4. The molecule has 1 aromatic heterocycles. The topological polar surface area (TPSA) is 24.9 Å². The zero-order valence-corrected chi connectivity index (χ0v) is 12.2. The Morgan fingerprint density at radius 2 is 1.86 bits per heavy atom. The number of alkyl halides is 3. The molecule has 112 valence electrons. The minimum Gasteiger partial charge on any atom is -0.373 e. The Balaban J connectivity index is 2.02. The van der Waals surface area contributed by atoms with E-state index in [1.165, 1.54) is 12.1 Å². The van der Waals surface area contributed by atoms with Gasteiger partial charge in [0.1, 0.15) is 0 Å². The third-order valence-corrected chi connectivity index (χ3v) is 4.03. The van der Waals surface area contributed by atoms with Crippen molar-refractivity contribution in [1.82, 2.24) is 4.98 Å². The largest absolute Gasteiger partial charge is 0.416 e. The number of thioether (sulfide) groups is 1. The first kappa shape index (κ1) is 15.7. The zero-order chi connectivity index (χ0) is 15.3. The third-order valence-electron chi connectivity index (χ3n) is 2.81. The minimum atomic E-state index is -4.30. The molecule has 1 N–H and O–H groups in total. The lowest BCUT2D eigenvalue weighted by Gasteiger charge is -2.17. The van der Waals surface area contributed by atoms with Gasteiger partial charge in [0.25, 0.3) is 0 Å². The molecule has 0 amide bonds. The number of rotatable bonds is 5. The van der Waals surface area contributed by atoms with E-state index in [1.807, 2.05) is 25.1 Å². The van der Waals surface area contributed by atoms with Gasteiger partial charge in [0, 0.05) is 11.9 Å². The molecule has 0 aliphatic heterocycles. The van der Waals surface area contributed by atoms with Crippen LogP contribution in [0.2, 0.25) is 0 Å². The maximum Gasteiger partial charge on any atom is 0.416 e. The Morgan fingerprint density at radius 3 is 2.38 bits per heavy atom. The van der Waals surface area contributed by atoms with Gasteiger partial charge in [0.15, 0.2) is 0 Å². The van der Waals surface area contributed by atoms with Crippen molar-refractivity contribution in [2.75, 3.05) is 5.32 Å². The van der Waals surface area contributed by atoms with E-state index < -0.39 is 11.7 Å². The Kier molecular flexibility index (Phi) is 5.12. The van der Waals surface area contributed by atoms with Gasteiger partial charge in [-0.2, -0.15) is 13.2 Å². The van der Waals surface area contributed by atoms with Gasteiger partial charge in [0.05, 0.1) is 16.0 Å². The summed E-state index contributed by atoms with van der Waals surface area (Å²) in [6, 6.07) is 10.7. The van der Waals surface area contributed by atoms with E-state index in [1.54, 1.807) is 18.0 Å². The van der Waals surface area contributed by atoms with E-state index in [-0.39, 0.29) is 5.37 Å². The van der Waals surface area contributed by atoms with E-state index in [0.29, 0.717) is 5.69 Å². The van der Waals surface area contributed by atoms with Crippen LogP contribution in [0.4, 0.5) is 18.9 Å². The molecule has 2 rings (SSSR count). The van der Waals surface area contributed by atoms with E-state index in [0.717, 1.165) is 23.6 Å². The second kappa shape index (κ2) is 6.85. The number of hydrogen-bond donors (Lipinski definition) is 1. The third kappa shape index (κ3) is 4.67. The molecule has 0 bridgehead atoms. The molecule has 0 saturated heterocycles. The van der Waals surface area contributed by atoms with E-state index in [9.17, 15) is 13.2 Å². The predicted molar refractivity (Wildman–Crippen MR) is 79.2 cm³/mol. The lowest BCUT2D eigenvalue weighted by Crippen LogP contribution is -2.14. The van der Waals surface area contributed by atoms with E-state index in [2.05, 4.69) is 10.3 Å². The highest BCUT2D eigenvalue weighted by atomic mass is 32.2. The van der Waals surface area contributed by atoms with Crippen molar-refractivity contribution in [3.63, 3.8) is 0 Å². The number of benzene rings is 1. The van der Waals surface area contributed by atoms with Crippen LogP contribution >= 0.6 is 11.8 Å². The first-order valence-corrected chi connectivity index (χ1v) is 7.38. The van der Waals surface area contributed by atoms with Gasteiger partial charge in [-0.05, 0) is 42.8 Å². The van der Waals surface area contributed by atoms with E-state index in [4.69, 9.17) is 0 Å². The molecular weight excluding hydrogens is 297 g/mol. The molecule has 21 heavy (non-hydrogen) atoms. The van der Waals surface area contributed by atoms with Crippen LogP contribution < -0.4 is 5.32 Å². The number of anilines is 1. The Bertz CT molecular complexity index is 555. The summed E-state index contributed by atoms with van der Waals surface area (Å²) in [5.74, 6) is 0. The number of hydrogen-bond acceptors (Lipinski definition) is 3. The molecule has 2 nitrogen and oxygen atoms in total. The fourth-order valence-electron chi connectivity index (χ4n) is 1.72. The molecule has 1 aromatic carbocycles. The molecular formula is C15H15F3N2S. The number of pyridine rings is 1. The molecule has 1 atom stereocenters.